The number of aromatic amines is 1. The molecule has 0 aliphatic carbocycles. The van der Waals surface area contributed by atoms with Crippen LogP contribution in [0.1, 0.15) is 4.88 Å². The maximum absolute atomic E-state index is 4.44. The van der Waals surface area contributed by atoms with E-state index < -0.39 is 0 Å². The fourth-order valence-electron chi connectivity index (χ4n) is 1.62. The molecule has 0 radical (unpaired) electrons. The lowest BCUT2D eigenvalue weighted by atomic mass is 10.2. The van der Waals surface area contributed by atoms with Crippen LogP contribution in [-0.4, -0.2) is 11.2 Å². The average molecular weight is 226 g/mol. The lowest BCUT2D eigenvalue weighted by Gasteiger charge is -1.93. The first-order valence-corrected chi connectivity index (χ1v) is 5.94. The monoisotopic (exact) mass is 226 g/mol. The van der Waals surface area contributed by atoms with Crippen molar-refractivity contribution in [3.8, 4) is 0 Å². The van der Waals surface area contributed by atoms with Gasteiger partial charge in [-0.3, -0.25) is 4.99 Å². The first kappa shape index (κ1) is 9.36. The lowest BCUT2D eigenvalue weighted by Crippen LogP contribution is -1.72. The second-order valence-electron chi connectivity index (χ2n) is 3.52. The maximum Gasteiger partial charge on any atom is 0.0651 e. The number of thiophene rings is 1. The number of hydrogen-bond donors (Lipinski definition) is 1. The molecule has 0 atom stereocenters. The molecule has 1 N–H and O–H groups in total. The Hall–Kier alpha value is -1.87. The first-order chi connectivity index (χ1) is 7.92. The lowest BCUT2D eigenvalue weighted by molar-refractivity contribution is 1.46. The molecule has 3 rings (SSSR count). The highest BCUT2D eigenvalue weighted by atomic mass is 32.1. The molecule has 0 spiro atoms. The van der Waals surface area contributed by atoms with E-state index in [-0.39, 0.29) is 0 Å². The summed E-state index contributed by atoms with van der Waals surface area (Å²) in [7, 11) is 0. The van der Waals surface area contributed by atoms with E-state index in [0.717, 1.165) is 11.2 Å². The van der Waals surface area contributed by atoms with Crippen molar-refractivity contribution in [1.82, 2.24) is 4.98 Å². The largest absolute Gasteiger partial charge is 0.361 e. The topological polar surface area (TPSA) is 28.1 Å². The van der Waals surface area contributed by atoms with E-state index in [1.54, 1.807) is 11.3 Å². The zero-order valence-electron chi connectivity index (χ0n) is 8.55. The van der Waals surface area contributed by atoms with Crippen molar-refractivity contribution >= 4 is 34.1 Å². The Bertz CT molecular complexity index is 620. The minimum Gasteiger partial charge on any atom is -0.361 e. The van der Waals surface area contributed by atoms with Gasteiger partial charge in [0.2, 0.25) is 0 Å². The molecule has 3 heteroatoms. The zero-order valence-corrected chi connectivity index (χ0v) is 9.37. The molecule has 2 aromatic heterocycles. The standard InChI is InChI=1S/C13H10N2S/c1-2-12(16-7-1)9-15-11-4-3-10-5-6-14-13(10)8-11/h1-9,14H. The minimum atomic E-state index is 0.975. The van der Waals surface area contributed by atoms with Crippen LogP contribution in [0.2, 0.25) is 0 Å². The van der Waals surface area contributed by atoms with Crippen LogP contribution >= 0.6 is 11.3 Å². The van der Waals surface area contributed by atoms with Crippen molar-refractivity contribution in [2.24, 2.45) is 4.99 Å². The summed E-state index contributed by atoms with van der Waals surface area (Å²) in [4.78, 5) is 8.80. The Morgan fingerprint density at radius 3 is 3.06 bits per heavy atom. The van der Waals surface area contributed by atoms with Gasteiger partial charge < -0.3 is 4.98 Å². The molecule has 0 aliphatic rings. The van der Waals surface area contributed by atoms with E-state index in [2.05, 4.69) is 39.6 Å². The SMILES string of the molecule is C(=Nc1ccc2cc[nH]c2c1)c1cccs1. The van der Waals surface area contributed by atoms with Crippen LogP contribution in [0.25, 0.3) is 10.9 Å². The molecule has 0 saturated heterocycles. The second kappa shape index (κ2) is 3.94. The molecule has 0 unspecified atom stereocenters. The molecule has 1 aromatic carbocycles. The number of aliphatic imine (C=N–C) groups is 1. The van der Waals surface area contributed by atoms with Crippen LogP contribution in [-0.2, 0) is 0 Å². The molecule has 0 saturated carbocycles. The highest BCUT2D eigenvalue weighted by molar-refractivity contribution is 7.11. The summed E-state index contributed by atoms with van der Waals surface area (Å²) >= 11 is 1.69. The van der Waals surface area contributed by atoms with Crippen molar-refractivity contribution in [2.75, 3.05) is 0 Å². The van der Waals surface area contributed by atoms with Gasteiger partial charge in [-0.05, 0) is 35.0 Å². The fraction of sp³-hybridized carbons (Fsp3) is 0. The molecule has 0 fully saturated rings. The summed E-state index contributed by atoms with van der Waals surface area (Å²) in [5, 5.41) is 3.27. The van der Waals surface area contributed by atoms with E-state index in [1.807, 2.05) is 24.5 Å². The highest BCUT2D eigenvalue weighted by Gasteiger charge is 1.95. The quantitative estimate of drug-likeness (QED) is 0.640. The summed E-state index contributed by atoms with van der Waals surface area (Å²) in [6, 6.07) is 12.3. The van der Waals surface area contributed by atoms with Gasteiger partial charge in [-0.25, -0.2) is 0 Å². The smallest absolute Gasteiger partial charge is 0.0651 e. The Morgan fingerprint density at radius 1 is 1.19 bits per heavy atom. The van der Waals surface area contributed by atoms with Crippen molar-refractivity contribution < 1.29 is 0 Å². The summed E-state index contributed by atoms with van der Waals surface area (Å²) in [6.45, 7) is 0. The molecule has 2 nitrogen and oxygen atoms in total. The Morgan fingerprint density at radius 2 is 2.19 bits per heavy atom. The summed E-state index contributed by atoms with van der Waals surface area (Å²) in [5.74, 6) is 0. The molecule has 0 amide bonds. The molecular weight excluding hydrogens is 216 g/mol. The van der Waals surface area contributed by atoms with Crippen molar-refractivity contribution in [3.05, 3.63) is 52.9 Å². The molecule has 2 heterocycles. The second-order valence-corrected chi connectivity index (χ2v) is 4.50. The van der Waals surface area contributed by atoms with Crippen LogP contribution in [0.5, 0.6) is 0 Å². The van der Waals surface area contributed by atoms with Crippen LogP contribution in [0.15, 0.2) is 53.0 Å². The number of H-pyrrole nitrogens is 1. The van der Waals surface area contributed by atoms with Crippen LogP contribution in [0.4, 0.5) is 5.69 Å². The summed E-state index contributed by atoms with van der Waals surface area (Å²) in [5.41, 5.74) is 2.10. The Kier molecular flexibility index (Phi) is 2.31. The fourth-order valence-corrected chi connectivity index (χ4v) is 2.20. The molecule has 3 aromatic rings. The number of rotatable bonds is 2. The molecule has 0 bridgehead atoms. The van der Waals surface area contributed by atoms with Gasteiger partial charge in [0.15, 0.2) is 0 Å². The number of hydrogen-bond acceptors (Lipinski definition) is 2. The summed E-state index contributed by atoms with van der Waals surface area (Å²) in [6.07, 6.45) is 3.84. The summed E-state index contributed by atoms with van der Waals surface area (Å²) < 4.78 is 0. The third-order valence-corrected chi connectivity index (χ3v) is 3.23. The van der Waals surface area contributed by atoms with Crippen molar-refractivity contribution in [1.29, 1.82) is 0 Å². The predicted molar refractivity (Wildman–Crippen MR) is 69.9 cm³/mol. The van der Waals surface area contributed by atoms with Crippen molar-refractivity contribution in [3.63, 3.8) is 0 Å². The van der Waals surface area contributed by atoms with Gasteiger partial charge in [-0.2, -0.15) is 0 Å². The average Bonchev–Trinajstić information content (AvgIpc) is 2.97. The van der Waals surface area contributed by atoms with Gasteiger partial charge in [0, 0.05) is 22.8 Å². The maximum atomic E-state index is 4.44. The number of benzene rings is 1. The Labute approximate surface area is 97.3 Å². The number of nitrogens with zero attached hydrogens (tertiary/aromatic N) is 1. The van der Waals surface area contributed by atoms with E-state index >= 15 is 0 Å². The van der Waals surface area contributed by atoms with Crippen LogP contribution in [0, 0.1) is 0 Å². The van der Waals surface area contributed by atoms with Gasteiger partial charge in [-0.1, -0.05) is 12.1 Å². The first-order valence-electron chi connectivity index (χ1n) is 5.06. The molecule has 16 heavy (non-hydrogen) atoms. The van der Waals surface area contributed by atoms with E-state index in [4.69, 9.17) is 0 Å². The number of fused-ring (bicyclic) bond motifs is 1. The third-order valence-electron chi connectivity index (χ3n) is 2.42. The molecule has 0 aliphatic heterocycles. The Balaban J connectivity index is 1.94. The van der Waals surface area contributed by atoms with Gasteiger partial charge in [0.1, 0.15) is 0 Å². The van der Waals surface area contributed by atoms with Crippen LogP contribution in [0.3, 0.4) is 0 Å². The highest BCUT2D eigenvalue weighted by Crippen LogP contribution is 2.20. The number of nitrogens with one attached hydrogen (secondary N) is 1. The molecular formula is C13H10N2S. The third kappa shape index (κ3) is 1.77. The van der Waals surface area contributed by atoms with Gasteiger partial charge in [-0.15, -0.1) is 11.3 Å². The minimum absolute atomic E-state index is 0.975. The normalized spacial score (nSPS) is 11.5. The van der Waals surface area contributed by atoms with Gasteiger partial charge in [0.05, 0.1) is 5.69 Å². The van der Waals surface area contributed by atoms with Gasteiger partial charge in [0.25, 0.3) is 0 Å². The van der Waals surface area contributed by atoms with E-state index in [0.29, 0.717) is 0 Å². The van der Waals surface area contributed by atoms with E-state index in [9.17, 15) is 0 Å². The van der Waals surface area contributed by atoms with Crippen LogP contribution < -0.4 is 0 Å². The molecule has 78 valence electrons. The number of aromatic nitrogens is 1. The van der Waals surface area contributed by atoms with E-state index in [1.165, 1.54) is 10.3 Å². The van der Waals surface area contributed by atoms with Crippen molar-refractivity contribution in [2.45, 2.75) is 0 Å². The van der Waals surface area contributed by atoms with Gasteiger partial charge >= 0.3 is 0 Å². The zero-order chi connectivity index (χ0) is 10.8. The predicted octanol–water partition coefficient (Wildman–Crippen LogP) is 3.98.